The van der Waals surface area contributed by atoms with Crippen molar-refractivity contribution in [2.45, 2.75) is 45.2 Å². The lowest BCUT2D eigenvalue weighted by Crippen LogP contribution is -2.37. The smallest absolute Gasteiger partial charge is 0.354 e. The van der Waals surface area contributed by atoms with Gasteiger partial charge in [-0.1, -0.05) is 19.8 Å². The van der Waals surface area contributed by atoms with Crippen molar-refractivity contribution < 1.29 is 9.90 Å². The topological polar surface area (TPSA) is 67.2 Å². The molecule has 0 aliphatic heterocycles. The van der Waals surface area contributed by atoms with E-state index in [1.54, 1.807) is 11.6 Å². The van der Waals surface area contributed by atoms with E-state index >= 15 is 0 Å². The summed E-state index contributed by atoms with van der Waals surface area (Å²) in [5.41, 5.74) is 0.239. The standard InChI is InChI=1S/C13H21N3O2/c1-9-5-3-4-6-10(9)14-8-12-15-7-11(13(17)18)16(12)2/h7,9-10,14H,3-6,8H2,1-2H3,(H,17,18)/t9-,10+/m1/s1. The molecule has 0 aromatic carbocycles. The van der Waals surface area contributed by atoms with Gasteiger partial charge in [0.15, 0.2) is 0 Å². The van der Waals surface area contributed by atoms with Crippen molar-refractivity contribution in [1.82, 2.24) is 14.9 Å². The second-order valence-corrected chi connectivity index (χ2v) is 5.17. The molecule has 18 heavy (non-hydrogen) atoms. The van der Waals surface area contributed by atoms with Gasteiger partial charge in [0.25, 0.3) is 0 Å². The maximum absolute atomic E-state index is 10.9. The van der Waals surface area contributed by atoms with Gasteiger partial charge < -0.3 is 15.0 Å². The molecule has 2 N–H and O–H groups in total. The monoisotopic (exact) mass is 251 g/mol. The van der Waals surface area contributed by atoms with Crippen molar-refractivity contribution in [2.24, 2.45) is 13.0 Å². The van der Waals surface area contributed by atoms with Crippen LogP contribution >= 0.6 is 0 Å². The Morgan fingerprint density at radius 1 is 1.56 bits per heavy atom. The van der Waals surface area contributed by atoms with Gasteiger partial charge in [-0.05, 0) is 18.8 Å². The number of imidazole rings is 1. The van der Waals surface area contributed by atoms with E-state index in [-0.39, 0.29) is 5.69 Å². The van der Waals surface area contributed by atoms with Gasteiger partial charge in [0.05, 0.1) is 12.7 Å². The van der Waals surface area contributed by atoms with Gasteiger partial charge >= 0.3 is 5.97 Å². The summed E-state index contributed by atoms with van der Waals surface area (Å²) in [6.07, 6.45) is 6.51. The summed E-state index contributed by atoms with van der Waals surface area (Å²) in [5.74, 6) is 0.547. The third kappa shape index (κ3) is 2.72. The molecule has 1 aliphatic carbocycles. The number of hydrogen-bond donors (Lipinski definition) is 2. The van der Waals surface area contributed by atoms with Crippen molar-refractivity contribution in [2.75, 3.05) is 0 Å². The highest BCUT2D eigenvalue weighted by atomic mass is 16.4. The quantitative estimate of drug-likeness (QED) is 0.856. The highest BCUT2D eigenvalue weighted by Gasteiger charge is 2.21. The van der Waals surface area contributed by atoms with Crippen LogP contribution in [0, 0.1) is 5.92 Å². The van der Waals surface area contributed by atoms with Gasteiger partial charge in [-0.25, -0.2) is 9.78 Å². The highest BCUT2D eigenvalue weighted by molar-refractivity contribution is 5.85. The first-order valence-corrected chi connectivity index (χ1v) is 6.57. The fraction of sp³-hybridized carbons (Fsp3) is 0.692. The van der Waals surface area contributed by atoms with E-state index in [0.29, 0.717) is 18.5 Å². The summed E-state index contributed by atoms with van der Waals surface area (Å²) >= 11 is 0. The molecule has 5 nitrogen and oxygen atoms in total. The number of rotatable bonds is 4. The molecular weight excluding hydrogens is 230 g/mol. The summed E-state index contributed by atoms with van der Waals surface area (Å²) in [7, 11) is 1.75. The molecule has 1 heterocycles. The Morgan fingerprint density at radius 2 is 2.28 bits per heavy atom. The van der Waals surface area contributed by atoms with E-state index in [0.717, 1.165) is 5.82 Å². The molecule has 1 aliphatic rings. The number of carbonyl (C=O) groups is 1. The predicted molar refractivity (Wildman–Crippen MR) is 68.4 cm³/mol. The van der Waals surface area contributed by atoms with E-state index in [1.165, 1.54) is 31.9 Å². The molecule has 1 aromatic heterocycles. The number of hydrogen-bond acceptors (Lipinski definition) is 3. The first-order valence-electron chi connectivity index (χ1n) is 6.57. The molecular formula is C13H21N3O2. The molecule has 2 atom stereocenters. The van der Waals surface area contributed by atoms with Crippen LogP contribution < -0.4 is 5.32 Å². The number of nitrogens with zero attached hydrogens (tertiary/aromatic N) is 2. The molecule has 1 fully saturated rings. The largest absolute Gasteiger partial charge is 0.477 e. The van der Waals surface area contributed by atoms with Crippen molar-refractivity contribution in [3.63, 3.8) is 0 Å². The fourth-order valence-electron chi connectivity index (χ4n) is 2.65. The lowest BCUT2D eigenvalue weighted by molar-refractivity contribution is 0.0686. The number of carboxylic acid groups (broad SMARTS) is 1. The maximum atomic E-state index is 10.9. The van der Waals surface area contributed by atoms with Crippen molar-refractivity contribution in [3.05, 3.63) is 17.7 Å². The SMILES string of the molecule is C[C@@H]1CCCC[C@@H]1NCc1ncc(C(=O)O)n1C. The first-order chi connectivity index (χ1) is 8.59. The third-order valence-electron chi connectivity index (χ3n) is 3.94. The van der Waals surface area contributed by atoms with Gasteiger partial charge in [-0.15, -0.1) is 0 Å². The van der Waals surface area contributed by atoms with Crippen LogP contribution in [0.25, 0.3) is 0 Å². The molecule has 100 valence electrons. The van der Waals surface area contributed by atoms with Crippen LogP contribution in [-0.4, -0.2) is 26.7 Å². The third-order valence-corrected chi connectivity index (χ3v) is 3.94. The first kappa shape index (κ1) is 13.1. The average Bonchev–Trinajstić information content (AvgIpc) is 2.70. The molecule has 0 spiro atoms. The molecule has 1 aromatic rings. The molecule has 0 unspecified atom stereocenters. The lowest BCUT2D eigenvalue weighted by atomic mass is 9.86. The van der Waals surface area contributed by atoms with E-state index in [4.69, 9.17) is 5.11 Å². The van der Waals surface area contributed by atoms with Crippen molar-refractivity contribution >= 4 is 5.97 Å². The zero-order chi connectivity index (χ0) is 13.1. The molecule has 5 heteroatoms. The van der Waals surface area contributed by atoms with Gasteiger partial charge in [0.1, 0.15) is 11.5 Å². The average molecular weight is 251 g/mol. The minimum Gasteiger partial charge on any atom is -0.477 e. The molecule has 0 amide bonds. The number of carboxylic acids is 1. The van der Waals surface area contributed by atoms with Crippen LogP contribution in [-0.2, 0) is 13.6 Å². The Kier molecular flexibility index (Phi) is 4.01. The molecule has 1 saturated carbocycles. The van der Waals surface area contributed by atoms with Crippen molar-refractivity contribution in [1.29, 1.82) is 0 Å². The van der Waals surface area contributed by atoms with Crippen molar-refractivity contribution in [3.8, 4) is 0 Å². The zero-order valence-corrected chi connectivity index (χ0v) is 11.0. The second-order valence-electron chi connectivity index (χ2n) is 5.17. The Hall–Kier alpha value is -1.36. The van der Waals surface area contributed by atoms with Crippen LogP contribution in [0.4, 0.5) is 0 Å². The summed E-state index contributed by atoms with van der Waals surface area (Å²) in [6, 6.07) is 0.531. The van der Waals surface area contributed by atoms with Crippen LogP contribution in [0.3, 0.4) is 0 Å². The second kappa shape index (κ2) is 5.52. The maximum Gasteiger partial charge on any atom is 0.354 e. The highest BCUT2D eigenvalue weighted by Crippen LogP contribution is 2.23. The van der Waals surface area contributed by atoms with Gasteiger partial charge in [0.2, 0.25) is 0 Å². The van der Waals surface area contributed by atoms with Gasteiger partial charge in [0, 0.05) is 13.1 Å². The van der Waals surface area contributed by atoms with E-state index in [1.807, 2.05) is 0 Å². The minimum absolute atomic E-state index is 0.239. The minimum atomic E-state index is -0.928. The Morgan fingerprint density at radius 3 is 2.89 bits per heavy atom. The van der Waals surface area contributed by atoms with E-state index in [9.17, 15) is 4.79 Å². The van der Waals surface area contributed by atoms with E-state index in [2.05, 4.69) is 17.2 Å². The predicted octanol–water partition coefficient (Wildman–Crippen LogP) is 1.79. The lowest BCUT2D eigenvalue weighted by Gasteiger charge is -2.29. The van der Waals surface area contributed by atoms with Crippen LogP contribution in [0.5, 0.6) is 0 Å². The van der Waals surface area contributed by atoms with Crippen LogP contribution in [0.1, 0.15) is 48.9 Å². The Bertz CT molecular complexity index is 428. The Balaban J connectivity index is 1.95. The molecule has 0 radical (unpaired) electrons. The van der Waals surface area contributed by atoms with E-state index < -0.39 is 5.97 Å². The number of nitrogens with one attached hydrogen (secondary N) is 1. The fourth-order valence-corrected chi connectivity index (χ4v) is 2.65. The zero-order valence-electron chi connectivity index (χ0n) is 11.0. The normalized spacial score (nSPS) is 24.1. The van der Waals surface area contributed by atoms with Crippen LogP contribution in [0.2, 0.25) is 0 Å². The molecule has 0 bridgehead atoms. The summed E-state index contributed by atoms with van der Waals surface area (Å²) < 4.78 is 1.64. The van der Waals surface area contributed by atoms with Gasteiger partial charge in [-0.2, -0.15) is 0 Å². The number of aromatic nitrogens is 2. The number of aromatic carboxylic acids is 1. The Labute approximate surface area is 107 Å². The summed E-state index contributed by atoms with van der Waals surface area (Å²) in [6.45, 7) is 2.91. The van der Waals surface area contributed by atoms with Gasteiger partial charge in [-0.3, -0.25) is 0 Å². The summed E-state index contributed by atoms with van der Waals surface area (Å²) in [4.78, 5) is 15.1. The molecule has 2 rings (SSSR count). The molecule has 0 saturated heterocycles. The summed E-state index contributed by atoms with van der Waals surface area (Å²) in [5, 5.41) is 12.5. The van der Waals surface area contributed by atoms with Crippen LogP contribution in [0.15, 0.2) is 6.20 Å².